The van der Waals surface area contributed by atoms with Crippen LogP contribution in [0, 0.1) is 20.8 Å². The molecule has 2 heterocycles. The van der Waals surface area contributed by atoms with E-state index in [0.29, 0.717) is 22.5 Å². The largest absolute Gasteiger partial charge is 0.329 e. The summed E-state index contributed by atoms with van der Waals surface area (Å²) in [6, 6.07) is 18.0. The maximum Gasteiger partial charge on any atom is 0.176 e. The fraction of sp³-hybridized carbons (Fsp3) is 0.208. The first-order valence-electron chi connectivity index (χ1n) is 10.3. The zero-order valence-electron chi connectivity index (χ0n) is 18.3. The Hall–Kier alpha value is -3.16. The van der Waals surface area contributed by atoms with Crippen LogP contribution in [0.15, 0.2) is 60.8 Å². The molecule has 2 aromatic carbocycles. The van der Waals surface area contributed by atoms with Crippen molar-refractivity contribution in [1.82, 2.24) is 19.6 Å². The number of aryl methyl sites for hydroxylation is 2. The lowest BCUT2D eigenvalue weighted by Crippen LogP contribution is -2.20. The smallest absolute Gasteiger partial charge is 0.176 e. The van der Waals surface area contributed by atoms with Crippen LogP contribution in [0.3, 0.4) is 0 Å². The van der Waals surface area contributed by atoms with Crippen molar-refractivity contribution < 1.29 is 0 Å². The van der Waals surface area contributed by atoms with Crippen LogP contribution in [0.25, 0.3) is 0 Å². The second-order valence-corrected chi connectivity index (χ2v) is 8.58. The number of nitrogens with zero attached hydrogens (tertiary/aromatic N) is 4. The predicted octanol–water partition coefficient (Wildman–Crippen LogP) is 5.56. The van der Waals surface area contributed by atoms with E-state index in [9.17, 15) is 0 Å². The first-order chi connectivity index (χ1) is 15.4. The molecule has 2 N–H and O–H groups in total. The van der Waals surface area contributed by atoms with Gasteiger partial charge in [0.25, 0.3) is 0 Å². The lowest BCUT2D eigenvalue weighted by atomic mass is 10.1. The Morgan fingerprint density at radius 3 is 2.56 bits per heavy atom. The van der Waals surface area contributed by atoms with Crippen LogP contribution in [0.4, 0.5) is 11.5 Å². The number of nitrogens with one attached hydrogen (secondary N) is 2. The minimum Gasteiger partial charge on any atom is -0.329 e. The highest BCUT2D eigenvalue weighted by molar-refractivity contribution is 7.80. The van der Waals surface area contributed by atoms with Crippen molar-refractivity contribution >= 4 is 40.4 Å². The van der Waals surface area contributed by atoms with Gasteiger partial charge in [-0.3, -0.25) is 9.36 Å². The third kappa shape index (κ3) is 5.18. The fourth-order valence-corrected chi connectivity index (χ4v) is 4.00. The molecule has 0 saturated heterocycles. The van der Waals surface area contributed by atoms with Gasteiger partial charge in [0.15, 0.2) is 10.9 Å². The summed E-state index contributed by atoms with van der Waals surface area (Å²) in [6.45, 7) is 7.49. The molecule has 0 bridgehead atoms. The molecule has 4 rings (SSSR count). The SMILES string of the molecule is Cc1ccccc1Cn1nc(C)c(NC(=S)Nc2ccn(Cc3cccc(Cl)c3)n2)c1C. The monoisotopic (exact) mass is 464 g/mol. The number of thiocarbonyl (C=S) groups is 1. The van der Waals surface area contributed by atoms with Gasteiger partial charge >= 0.3 is 0 Å². The Morgan fingerprint density at radius 2 is 1.78 bits per heavy atom. The Balaban J connectivity index is 1.41. The van der Waals surface area contributed by atoms with Gasteiger partial charge in [0.1, 0.15) is 0 Å². The summed E-state index contributed by atoms with van der Waals surface area (Å²) >= 11 is 11.6. The topological polar surface area (TPSA) is 59.7 Å². The Labute approximate surface area is 198 Å². The molecule has 0 saturated carbocycles. The van der Waals surface area contributed by atoms with Gasteiger partial charge in [-0.2, -0.15) is 10.2 Å². The first kappa shape index (κ1) is 22.0. The number of benzene rings is 2. The van der Waals surface area contributed by atoms with E-state index in [1.807, 2.05) is 65.8 Å². The van der Waals surface area contributed by atoms with E-state index < -0.39 is 0 Å². The molecule has 0 aliphatic carbocycles. The van der Waals surface area contributed by atoms with Gasteiger partial charge in [-0.05, 0) is 61.8 Å². The number of aromatic nitrogens is 4. The van der Waals surface area contributed by atoms with Gasteiger partial charge in [0.05, 0.1) is 30.2 Å². The summed E-state index contributed by atoms with van der Waals surface area (Å²) in [5, 5.41) is 16.9. The third-order valence-electron chi connectivity index (χ3n) is 5.32. The minimum absolute atomic E-state index is 0.472. The maximum atomic E-state index is 6.07. The van der Waals surface area contributed by atoms with E-state index in [-0.39, 0.29) is 0 Å². The second-order valence-electron chi connectivity index (χ2n) is 7.74. The molecule has 8 heteroatoms. The highest BCUT2D eigenvalue weighted by Gasteiger charge is 2.14. The Morgan fingerprint density at radius 1 is 0.969 bits per heavy atom. The van der Waals surface area contributed by atoms with Gasteiger partial charge in [0.2, 0.25) is 0 Å². The molecule has 0 fully saturated rings. The second kappa shape index (κ2) is 9.54. The lowest BCUT2D eigenvalue weighted by Gasteiger charge is -2.10. The Kier molecular flexibility index (Phi) is 6.58. The van der Waals surface area contributed by atoms with E-state index in [2.05, 4.69) is 40.9 Å². The van der Waals surface area contributed by atoms with Crippen molar-refractivity contribution in [3.8, 4) is 0 Å². The third-order valence-corrected chi connectivity index (χ3v) is 5.76. The van der Waals surface area contributed by atoms with Crippen LogP contribution in [0.2, 0.25) is 5.02 Å². The molecule has 0 unspecified atom stereocenters. The lowest BCUT2D eigenvalue weighted by molar-refractivity contribution is 0.657. The molecule has 2 aromatic heterocycles. The van der Waals surface area contributed by atoms with Crippen molar-refractivity contribution in [3.05, 3.63) is 93.9 Å². The van der Waals surface area contributed by atoms with E-state index in [1.54, 1.807) is 0 Å². The van der Waals surface area contributed by atoms with E-state index in [0.717, 1.165) is 29.2 Å². The summed E-state index contributed by atoms with van der Waals surface area (Å²) in [7, 11) is 0. The normalized spacial score (nSPS) is 10.9. The molecule has 164 valence electrons. The summed E-state index contributed by atoms with van der Waals surface area (Å²) in [6.07, 6.45) is 1.91. The van der Waals surface area contributed by atoms with E-state index >= 15 is 0 Å². The van der Waals surface area contributed by atoms with Crippen molar-refractivity contribution in [2.24, 2.45) is 0 Å². The van der Waals surface area contributed by atoms with Crippen LogP contribution in [-0.4, -0.2) is 24.7 Å². The van der Waals surface area contributed by atoms with Crippen LogP contribution >= 0.6 is 23.8 Å². The quantitative estimate of drug-likeness (QED) is 0.365. The number of rotatable bonds is 6. The standard InChI is InChI=1S/C24H25ClN6S/c1-16-7-4-5-9-20(16)15-31-18(3)23(17(2)28-31)27-24(32)26-22-11-12-30(29-22)14-19-8-6-10-21(25)13-19/h4-13H,14-15H2,1-3H3,(H2,26,27,29,32). The Bertz CT molecular complexity index is 1260. The van der Waals surface area contributed by atoms with Crippen molar-refractivity contribution in [3.63, 3.8) is 0 Å². The van der Waals surface area contributed by atoms with Crippen molar-refractivity contribution in [1.29, 1.82) is 0 Å². The molecule has 0 aliphatic rings. The molecule has 6 nitrogen and oxygen atoms in total. The van der Waals surface area contributed by atoms with Crippen LogP contribution < -0.4 is 10.6 Å². The summed E-state index contributed by atoms with van der Waals surface area (Å²) in [5.41, 5.74) is 6.42. The van der Waals surface area contributed by atoms with Crippen LogP contribution in [-0.2, 0) is 13.1 Å². The van der Waals surface area contributed by atoms with E-state index in [4.69, 9.17) is 28.9 Å². The van der Waals surface area contributed by atoms with Crippen LogP contribution in [0.1, 0.15) is 28.1 Å². The van der Waals surface area contributed by atoms with Crippen molar-refractivity contribution in [2.45, 2.75) is 33.9 Å². The van der Waals surface area contributed by atoms with Gasteiger partial charge in [0, 0.05) is 17.3 Å². The summed E-state index contributed by atoms with van der Waals surface area (Å²) in [4.78, 5) is 0. The fourth-order valence-electron chi connectivity index (χ4n) is 3.58. The number of hydrogen-bond donors (Lipinski definition) is 2. The average molecular weight is 465 g/mol. The van der Waals surface area contributed by atoms with Gasteiger partial charge in [-0.25, -0.2) is 0 Å². The number of hydrogen-bond acceptors (Lipinski definition) is 3. The molecule has 0 amide bonds. The zero-order valence-corrected chi connectivity index (χ0v) is 19.8. The molecule has 0 spiro atoms. The summed E-state index contributed by atoms with van der Waals surface area (Å²) in [5.74, 6) is 0.673. The van der Waals surface area contributed by atoms with Gasteiger partial charge < -0.3 is 10.6 Å². The maximum absolute atomic E-state index is 6.07. The predicted molar refractivity (Wildman–Crippen MR) is 135 cm³/mol. The zero-order chi connectivity index (χ0) is 22.7. The highest BCUT2D eigenvalue weighted by Crippen LogP contribution is 2.22. The van der Waals surface area contributed by atoms with Crippen LogP contribution in [0.5, 0.6) is 0 Å². The molecular weight excluding hydrogens is 440 g/mol. The molecule has 32 heavy (non-hydrogen) atoms. The van der Waals surface area contributed by atoms with Gasteiger partial charge in [-0.15, -0.1) is 0 Å². The first-order valence-corrected chi connectivity index (χ1v) is 11.1. The number of halogens is 1. The summed E-state index contributed by atoms with van der Waals surface area (Å²) < 4.78 is 3.84. The van der Waals surface area contributed by atoms with Crippen molar-refractivity contribution in [2.75, 3.05) is 10.6 Å². The molecule has 4 aromatic rings. The molecule has 0 atom stereocenters. The average Bonchev–Trinajstić information content (AvgIpc) is 3.28. The highest BCUT2D eigenvalue weighted by atomic mass is 35.5. The van der Waals surface area contributed by atoms with E-state index in [1.165, 1.54) is 11.1 Å². The molecule has 0 aliphatic heterocycles. The van der Waals surface area contributed by atoms with Gasteiger partial charge in [-0.1, -0.05) is 48.0 Å². The minimum atomic E-state index is 0.472. The number of anilines is 2. The molecule has 0 radical (unpaired) electrons. The molecular formula is C24H25ClN6S.